The number of nitrogens with two attached hydrogens (primary N) is 1. The Hall–Kier alpha value is -1.17. The molecular formula is C18H31NO4. The Morgan fingerprint density at radius 1 is 1.17 bits per heavy atom. The van der Waals surface area contributed by atoms with Crippen LogP contribution in [-0.4, -0.2) is 43.5 Å². The summed E-state index contributed by atoms with van der Waals surface area (Å²) in [6.45, 7) is 7.83. The third-order valence-corrected chi connectivity index (χ3v) is 4.64. The molecule has 5 heteroatoms. The van der Waals surface area contributed by atoms with Gasteiger partial charge in [0.05, 0.1) is 26.4 Å². The Bertz CT molecular complexity index is 363. The zero-order chi connectivity index (χ0) is 17.1. The maximum absolute atomic E-state index is 12.0. The van der Waals surface area contributed by atoms with Gasteiger partial charge < -0.3 is 20.3 Å². The first-order valence-corrected chi connectivity index (χ1v) is 8.43. The highest BCUT2D eigenvalue weighted by Gasteiger charge is 2.46. The molecule has 0 aromatic carbocycles. The van der Waals surface area contributed by atoms with Crippen molar-refractivity contribution in [1.29, 1.82) is 0 Å². The van der Waals surface area contributed by atoms with Gasteiger partial charge in [-0.3, -0.25) is 4.79 Å². The molecular weight excluding hydrogens is 294 g/mol. The molecule has 1 rings (SSSR count). The molecule has 0 radical (unpaired) electrons. The van der Waals surface area contributed by atoms with Crippen molar-refractivity contribution in [2.24, 2.45) is 17.1 Å². The number of carbonyl (C=O) groups is 1. The molecule has 0 spiro atoms. The fourth-order valence-corrected chi connectivity index (χ4v) is 3.19. The van der Waals surface area contributed by atoms with Crippen LogP contribution in [0.2, 0.25) is 0 Å². The third kappa shape index (κ3) is 6.09. The number of carboxylic acid groups (broad SMARTS) is 1. The number of carboxylic acids is 1. The van der Waals surface area contributed by atoms with Gasteiger partial charge in [0.2, 0.25) is 0 Å². The van der Waals surface area contributed by atoms with E-state index in [9.17, 15) is 9.90 Å². The highest BCUT2D eigenvalue weighted by Crippen LogP contribution is 2.33. The molecule has 5 nitrogen and oxygen atoms in total. The maximum atomic E-state index is 12.0. The molecule has 0 aromatic heterocycles. The van der Waals surface area contributed by atoms with Crippen molar-refractivity contribution < 1.29 is 19.4 Å². The summed E-state index contributed by atoms with van der Waals surface area (Å²) >= 11 is 0. The number of ether oxygens (including phenoxy) is 2. The number of hydrogen-bond donors (Lipinski definition) is 2. The minimum atomic E-state index is -1.23. The number of rotatable bonds is 12. The van der Waals surface area contributed by atoms with E-state index in [-0.39, 0.29) is 13.2 Å². The van der Waals surface area contributed by atoms with E-state index in [0.29, 0.717) is 25.6 Å². The molecule has 0 aliphatic heterocycles. The van der Waals surface area contributed by atoms with E-state index < -0.39 is 17.4 Å². The fourth-order valence-electron chi connectivity index (χ4n) is 3.19. The molecule has 0 aromatic rings. The van der Waals surface area contributed by atoms with Crippen LogP contribution >= 0.6 is 0 Å². The SMILES string of the molecule is C=CCOCC(COCC=C)(C(=O)O)C(N)CC1CCCCC1. The van der Waals surface area contributed by atoms with E-state index >= 15 is 0 Å². The molecule has 1 unspecified atom stereocenters. The molecule has 0 amide bonds. The zero-order valence-corrected chi connectivity index (χ0v) is 14.0. The van der Waals surface area contributed by atoms with Crippen molar-refractivity contribution in [3.05, 3.63) is 25.3 Å². The van der Waals surface area contributed by atoms with Crippen LogP contribution in [0.1, 0.15) is 38.5 Å². The molecule has 1 saturated carbocycles. The number of aliphatic carboxylic acids is 1. The van der Waals surface area contributed by atoms with E-state index in [4.69, 9.17) is 15.2 Å². The highest BCUT2D eigenvalue weighted by molar-refractivity contribution is 5.76. The van der Waals surface area contributed by atoms with Gasteiger partial charge in [-0.25, -0.2) is 0 Å². The van der Waals surface area contributed by atoms with Crippen LogP contribution in [0.3, 0.4) is 0 Å². The summed E-state index contributed by atoms with van der Waals surface area (Å²) in [6.07, 6.45) is 9.83. The van der Waals surface area contributed by atoms with Crippen LogP contribution in [0.5, 0.6) is 0 Å². The minimum Gasteiger partial charge on any atom is -0.481 e. The number of hydrogen-bond acceptors (Lipinski definition) is 4. The van der Waals surface area contributed by atoms with Gasteiger partial charge in [-0.2, -0.15) is 0 Å². The van der Waals surface area contributed by atoms with Crippen molar-refractivity contribution in [2.45, 2.75) is 44.6 Å². The first-order valence-electron chi connectivity index (χ1n) is 8.43. The standard InChI is InChI=1S/C18H31NO4/c1-3-10-22-13-18(17(20)21,14-23-11-4-2)16(19)12-15-8-6-5-7-9-15/h3-4,15-16H,1-2,5-14,19H2,(H,20,21). The summed E-state index contributed by atoms with van der Waals surface area (Å²) in [6, 6.07) is -0.502. The van der Waals surface area contributed by atoms with Crippen LogP contribution in [0.4, 0.5) is 0 Å². The van der Waals surface area contributed by atoms with Crippen molar-refractivity contribution in [3.8, 4) is 0 Å². The minimum absolute atomic E-state index is 0.0272. The van der Waals surface area contributed by atoms with E-state index in [0.717, 1.165) is 12.8 Å². The quantitative estimate of drug-likeness (QED) is 0.426. The van der Waals surface area contributed by atoms with Crippen LogP contribution in [0.15, 0.2) is 25.3 Å². The fraction of sp³-hybridized carbons (Fsp3) is 0.722. The first kappa shape index (κ1) is 19.9. The van der Waals surface area contributed by atoms with Gasteiger partial charge in [-0.15, -0.1) is 13.2 Å². The van der Waals surface area contributed by atoms with Gasteiger partial charge in [0.25, 0.3) is 0 Å². The lowest BCUT2D eigenvalue weighted by molar-refractivity contribution is -0.160. The Balaban J connectivity index is 2.80. The second-order valence-corrected chi connectivity index (χ2v) is 6.42. The average molecular weight is 325 g/mol. The second-order valence-electron chi connectivity index (χ2n) is 6.42. The lowest BCUT2D eigenvalue weighted by Crippen LogP contribution is -2.54. The summed E-state index contributed by atoms with van der Waals surface area (Å²) in [4.78, 5) is 12.0. The largest absolute Gasteiger partial charge is 0.481 e. The van der Waals surface area contributed by atoms with Gasteiger partial charge in [0.15, 0.2) is 0 Å². The van der Waals surface area contributed by atoms with E-state index in [1.807, 2.05) is 0 Å². The summed E-state index contributed by atoms with van der Waals surface area (Å²) in [5, 5.41) is 9.83. The molecule has 0 bridgehead atoms. The Morgan fingerprint density at radius 3 is 2.13 bits per heavy atom. The summed E-state index contributed by atoms with van der Waals surface area (Å²) < 4.78 is 10.9. The van der Waals surface area contributed by atoms with Gasteiger partial charge in [-0.05, 0) is 12.3 Å². The Labute approximate surface area is 139 Å². The molecule has 1 aliphatic rings. The van der Waals surface area contributed by atoms with Gasteiger partial charge in [0, 0.05) is 6.04 Å². The molecule has 1 atom stereocenters. The normalized spacial score (nSPS) is 17.6. The maximum Gasteiger partial charge on any atom is 0.315 e. The first-order chi connectivity index (χ1) is 11.1. The molecule has 0 saturated heterocycles. The van der Waals surface area contributed by atoms with Crippen molar-refractivity contribution in [2.75, 3.05) is 26.4 Å². The summed E-state index contributed by atoms with van der Waals surface area (Å²) in [7, 11) is 0. The Morgan fingerprint density at radius 2 is 1.70 bits per heavy atom. The van der Waals surface area contributed by atoms with Crippen molar-refractivity contribution >= 4 is 5.97 Å². The predicted molar refractivity (Wildman–Crippen MR) is 91.3 cm³/mol. The van der Waals surface area contributed by atoms with Crippen LogP contribution in [0, 0.1) is 11.3 Å². The van der Waals surface area contributed by atoms with E-state index in [1.54, 1.807) is 12.2 Å². The van der Waals surface area contributed by atoms with Gasteiger partial charge in [0.1, 0.15) is 5.41 Å². The van der Waals surface area contributed by atoms with Crippen LogP contribution in [-0.2, 0) is 14.3 Å². The van der Waals surface area contributed by atoms with E-state index in [2.05, 4.69) is 13.2 Å². The smallest absolute Gasteiger partial charge is 0.315 e. The van der Waals surface area contributed by atoms with Crippen molar-refractivity contribution in [1.82, 2.24) is 0 Å². The zero-order valence-electron chi connectivity index (χ0n) is 14.0. The van der Waals surface area contributed by atoms with E-state index in [1.165, 1.54) is 19.3 Å². The third-order valence-electron chi connectivity index (χ3n) is 4.64. The lowest BCUT2D eigenvalue weighted by Gasteiger charge is -2.37. The molecule has 1 fully saturated rings. The monoisotopic (exact) mass is 325 g/mol. The molecule has 3 N–H and O–H groups in total. The summed E-state index contributed by atoms with van der Waals surface area (Å²) in [5.74, 6) is -0.467. The van der Waals surface area contributed by atoms with Crippen molar-refractivity contribution in [3.63, 3.8) is 0 Å². The summed E-state index contributed by atoms with van der Waals surface area (Å²) in [5.41, 5.74) is 5.12. The Kier molecular flexibility index (Phi) is 9.14. The average Bonchev–Trinajstić information content (AvgIpc) is 2.54. The van der Waals surface area contributed by atoms with Crippen LogP contribution in [0.25, 0.3) is 0 Å². The van der Waals surface area contributed by atoms with Crippen LogP contribution < -0.4 is 5.73 Å². The molecule has 23 heavy (non-hydrogen) atoms. The second kappa shape index (κ2) is 10.6. The molecule has 132 valence electrons. The van der Waals surface area contributed by atoms with Gasteiger partial charge in [-0.1, -0.05) is 44.3 Å². The van der Waals surface area contributed by atoms with Gasteiger partial charge >= 0.3 is 5.97 Å². The lowest BCUT2D eigenvalue weighted by atomic mass is 9.75. The highest BCUT2D eigenvalue weighted by atomic mass is 16.5. The molecule has 1 aliphatic carbocycles. The molecule has 0 heterocycles. The predicted octanol–water partition coefficient (Wildman–Crippen LogP) is 2.76. The topological polar surface area (TPSA) is 81.8 Å².